The molecule has 0 spiro atoms. The van der Waals surface area contributed by atoms with Gasteiger partial charge in [-0.15, -0.1) is 0 Å². The van der Waals surface area contributed by atoms with Crippen molar-refractivity contribution < 1.29 is 28.6 Å². The van der Waals surface area contributed by atoms with Gasteiger partial charge in [0.2, 0.25) is 0 Å². The molecule has 1 unspecified atom stereocenters. The SMILES string of the molecule is COc1ccc(C2C(=O)OC(=O)N2C(=O)OCc2ccccc2)cc1. The molecule has 1 atom stereocenters. The fraction of sp³-hybridized carbons (Fsp3) is 0.167. The van der Waals surface area contributed by atoms with Gasteiger partial charge in [-0.2, -0.15) is 4.90 Å². The van der Waals surface area contributed by atoms with E-state index in [-0.39, 0.29) is 6.61 Å². The molecule has 25 heavy (non-hydrogen) atoms. The first-order chi connectivity index (χ1) is 12.1. The van der Waals surface area contributed by atoms with E-state index in [1.54, 1.807) is 48.5 Å². The van der Waals surface area contributed by atoms with Crippen molar-refractivity contribution >= 4 is 18.2 Å². The summed E-state index contributed by atoms with van der Waals surface area (Å²) in [6.45, 7) is -0.0209. The summed E-state index contributed by atoms with van der Waals surface area (Å²) >= 11 is 0. The van der Waals surface area contributed by atoms with Crippen molar-refractivity contribution in [3.05, 3.63) is 65.7 Å². The van der Waals surface area contributed by atoms with Crippen LogP contribution >= 0.6 is 0 Å². The molecule has 2 aromatic carbocycles. The highest BCUT2D eigenvalue weighted by molar-refractivity contribution is 6.04. The van der Waals surface area contributed by atoms with Gasteiger partial charge in [-0.05, 0) is 23.3 Å². The van der Waals surface area contributed by atoms with E-state index in [1.165, 1.54) is 7.11 Å². The number of carbonyl (C=O) groups excluding carboxylic acids is 3. The van der Waals surface area contributed by atoms with Gasteiger partial charge in [-0.3, -0.25) is 0 Å². The van der Waals surface area contributed by atoms with Crippen LogP contribution in [0.4, 0.5) is 9.59 Å². The minimum atomic E-state index is -1.18. The minimum absolute atomic E-state index is 0.0209. The molecule has 7 nitrogen and oxygen atoms in total. The molecular weight excluding hydrogens is 326 g/mol. The van der Waals surface area contributed by atoms with Gasteiger partial charge in [0.1, 0.15) is 12.4 Å². The summed E-state index contributed by atoms with van der Waals surface area (Å²) in [7, 11) is 1.51. The third-order valence-electron chi connectivity index (χ3n) is 3.70. The van der Waals surface area contributed by atoms with Crippen molar-refractivity contribution in [1.29, 1.82) is 0 Å². The smallest absolute Gasteiger partial charge is 0.428 e. The molecule has 128 valence electrons. The first kappa shape index (κ1) is 16.5. The minimum Gasteiger partial charge on any atom is -0.497 e. The second-order valence-corrected chi connectivity index (χ2v) is 5.27. The number of esters is 1. The second kappa shape index (κ2) is 7.04. The predicted molar refractivity (Wildman–Crippen MR) is 85.7 cm³/mol. The van der Waals surface area contributed by atoms with Gasteiger partial charge >= 0.3 is 18.2 Å². The average molecular weight is 341 g/mol. The normalized spacial score (nSPS) is 16.5. The molecule has 0 bridgehead atoms. The van der Waals surface area contributed by atoms with Crippen molar-refractivity contribution in [1.82, 2.24) is 4.90 Å². The standard InChI is InChI=1S/C18H15NO6/c1-23-14-9-7-13(8-10-14)15-16(20)25-18(22)19(15)17(21)24-11-12-5-3-2-4-6-12/h2-10,15H,11H2,1H3. The Morgan fingerprint density at radius 2 is 1.76 bits per heavy atom. The molecule has 1 heterocycles. The third kappa shape index (κ3) is 3.45. The molecule has 2 amide bonds. The number of methoxy groups -OCH3 is 1. The highest BCUT2D eigenvalue weighted by Crippen LogP contribution is 2.30. The lowest BCUT2D eigenvalue weighted by molar-refractivity contribution is -0.136. The lowest BCUT2D eigenvalue weighted by atomic mass is 10.1. The van der Waals surface area contributed by atoms with Crippen LogP contribution in [-0.2, 0) is 20.9 Å². The summed E-state index contributed by atoms with van der Waals surface area (Å²) in [5.41, 5.74) is 1.18. The number of cyclic esters (lactones) is 2. The number of amides is 2. The van der Waals surface area contributed by atoms with E-state index in [9.17, 15) is 14.4 Å². The highest BCUT2D eigenvalue weighted by atomic mass is 16.6. The molecule has 3 rings (SSSR count). The van der Waals surface area contributed by atoms with Gasteiger partial charge in [0.15, 0.2) is 6.04 Å². The van der Waals surface area contributed by atoms with E-state index in [4.69, 9.17) is 9.47 Å². The number of benzene rings is 2. The van der Waals surface area contributed by atoms with Crippen LogP contribution in [-0.4, -0.2) is 30.2 Å². The Labute approximate surface area is 143 Å². The summed E-state index contributed by atoms with van der Waals surface area (Å²) in [5, 5.41) is 0. The molecule has 7 heteroatoms. The van der Waals surface area contributed by atoms with Gasteiger partial charge < -0.3 is 14.2 Å². The topological polar surface area (TPSA) is 82.1 Å². The Kier molecular flexibility index (Phi) is 4.65. The van der Waals surface area contributed by atoms with Crippen LogP contribution in [0, 0.1) is 0 Å². The summed E-state index contributed by atoms with van der Waals surface area (Å²) in [6, 6.07) is 14.2. The van der Waals surface area contributed by atoms with Crippen LogP contribution < -0.4 is 4.74 Å². The van der Waals surface area contributed by atoms with Crippen LogP contribution in [0.1, 0.15) is 17.2 Å². The van der Waals surface area contributed by atoms with Crippen LogP contribution in [0.15, 0.2) is 54.6 Å². The molecule has 2 aromatic rings. The van der Waals surface area contributed by atoms with Crippen LogP contribution in [0.2, 0.25) is 0 Å². The number of ether oxygens (including phenoxy) is 3. The van der Waals surface area contributed by atoms with Gasteiger partial charge in [0.25, 0.3) is 0 Å². The van der Waals surface area contributed by atoms with Crippen LogP contribution in [0.5, 0.6) is 5.75 Å². The number of carbonyl (C=O) groups is 3. The summed E-state index contributed by atoms with van der Waals surface area (Å²) in [5.74, 6) is -0.244. The number of imide groups is 1. The Morgan fingerprint density at radius 3 is 2.40 bits per heavy atom. The summed E-state index contributed by atoms with van der Waals surface area (Å²) in [4.78, 5) is 36.9. The Bertz CT molecular complexity index is 787. The molecule has 1 saturated heterocycles. The van der Waals surface area contributed by atoms with Crippen LogP contribution in [0.3, 0.4) is 0 Å². The molecule has 0 aliphatic carbocycles. The Hall–Kier alpha value is -3.35. The van der Waals surface area contributed by atoms with Crippen molar-refractivity contribution in [2.45, 2.75) is 12.6 Å². The molecular formula is C18H15NO6. The molecule has 0 radical (unpaired) electrons. The van der Waals surface area contributed by atoms with Gasteiger partial charge in [0.05, 0.1) is 7.11 Å². The largest absolute Gasteiger partial charge is 0.497 e. The molecule has 0 saturated carbocycles. The molecule has 0 N–H and O–H groups in total. The van der Waals surface area contributed by atoms with E-state index in [1.807, 2.05) is 6.07 Å². The maximum atomic E-state index is 12.3. The first-order valence-electron chi connectivity index (χ1n) is 7.49. The summed E-state index contributed by atoms with van der Waals surface area (Å²) in [6.07, 6.45) is -2.00. The van der Waals surface area contributed by atoms with Crippen molar-refractivity contribution in [2.75, 3.05) is 7.11 Å². The lowest BCUT2D eigenvalue weighted by Crippen LogP contribution is -2.35. The quantitative estimate of drug-likeness (QED) is 0.628. The maximum absolute atomic E-state index is 12.3. The maximum Gasteiger partial charge on any atom is 0.428 e. The van der Waals surface area contributed by atoms with Crippen LogP contribution in [0.25, 0.3) is 0 Å². The average Bonchev–Trinajstić information content (AvgIpc) is 2.94. The number of rotatable bonds is 4. The van der Waals surface area contributed by atoms with E-state index in [0.29, 0.717) is 16.2 Å². The van der Waals surface area contributed by atoms with E-state index < -0.39 is 24.2 Å². The lowest BCUT2D eigenvalue weighted by Gasteiger charge is -2.18. The monoisotopic (exact) mass is 341 g/mol. The van der Waals surface area contributed by atoms with E-state index in [2.05, 4.69) is 4.74 Å². The van der Waals surface area contributed by atoms with Crippen molar-refractivity contribution in [3.8, 4) is 5.75 Å². The third-order valence-corrected chi connectivity index (χ3v) is 3.70. The predicted octanol–water partition coefficient (Wildman–Crippen LogP) is 3.05. The Morgan fingerprint density at radius 1 is 1.08 bits per heavy atom. The zero-order chi connectivity index (χ0) is 17.8. The van der Waals surface area contributed by atoms with Crippen molar-refractivity contribution in [3.63, 3.8) is 0 Å². The van der Waals surface area contributed by atoms with E-state index in [0.717, 1.165) is 5.56 Å². The molecule has 0 aromatic heterocycles. The fourth-order valence-corrected chi connectivity index (χ4v) is 2.44. The Balaban J connectivity index is 1.77. The zero-order valence-corrected chi connectivity index (χ0v) is 13.4. The second-order valence-electron chi connectivity index (χ2n) is 5.27. The first-order valence-corrected chi connectivity index (χ1v) is 7.49. The van der Waals surface area contributed by atoms with E-state index >= 15 is 0 Å². The van der Waals surface area contributed by atoms with Gasteiger partial charge in [-0.1, -0.05) is 42.5 Å². The number of nitrogens with zero attached hydrogens (tertiary/aromatic N) is 1. The number of hydrogen-bond donors (Lipinski definition) is 0. The molecule has 1 fully saturated rings. The molecule has 1 aliphatic rings. The van der Waals surface area contributed by atoms with Gasteiger partial charge in [-0.25, -0.2) is 14.4 Å². The van der Waals surface area contributed by atoms with Crippen molar-refractivity contribution in [2.24, 2.45) is 0 Å². The fourth-order valence-electron chi connectivity index (χ4n) is 2.44. The number of hydrogen-bond acceptors (Lipinski definition) is 6. The highest BCUT2D eigenvalue weighted by Gasteiger charge is 2.47. The molecule has 1 aliphatic heterocycles. The van der Waals surface area contributed by atoms with Gasteiger partial charge in [0, 0.05) is 0 Å². The summed E-state index contributed by atoms with van der Waals surface area (Å²) < 4.78 is 14.8. The zero-order valence-electron chi connectivity index (χ0n) is 13.4.